The first kappa shape index (κ1) is 15.4. The Bertz CT molecular complexity index is 604. The normalized spacial score (nSPS) is 20.8. The molecule has 0 aliphatic carbocycles. The van der Waals surface area contributed by atoms with Gasteiger partial charge in [0.2, 0.25) is 10.0 Å². The van der Waals surface area contributed by atoms with Crippen LogP contribution in [0.3, 0.4) is 0 Å². The van der Waals surface area contributed by atoms with Crippen molar-refractivity contribution in [2.24, 2.45) is 0 Å². The smallest absolute Gasteiger partial charge is 0.306 e. The van der Waals surface area contributed by atoms with Crippen LogP contribution in [-0.2, 0) is 19.6 Å². The molecule has 0 radical (unpaired) electrons. The van der Waals surface area contributed by atoms with Gasteiger partial charge in [-0.3, -0.25) is 4.79 Å². The zero-order chi connectivity index (χ0) is 14.8. The maximum Gasteiger partial charge on any atom is 0.306 e. The van der Waals surface area contributed by atoms with Crippen LogP contribution in [0.5, 0.6) is 0 Å². The number of carboxylic acids is 1. The van der Waals surface area contributed by atoms with E-state index in [1.54, 1.807) is 18.2 Å². The molecule has 1 aliphatic heterocycles. The van der Waals surface area contributed by atoms with E-state index in [9.17, 15) is 13.2 Å². The molecule has 0 saturated carbocycles. The maximum absolute atomic E-state index is 12.5. The van der Waals surface area contributed by atoms with Crippen molar-refractivity contribution in [1.82, 2.24) is 4.31 Å². The van der Waals surface area contributed by atoms with Gasteiger partial charge >= 0.3 is 5.97 Å². The van der Waals surface area contributed by atoms with Crippen molar-refractivity contribution in [3.05, 3.63) is 28.7 Å². The van der Waals surface area contributed by atoms with Crippen LogP contribution >= 0.6 is 15.9 Å². The Morgan fingerprint density at radius 1 is 1.45 bits per heavy atom. The molecule has 1 fully saturated rings. The van der Waals surface area contributed by atoms with Crippen LogP contribution in [0.15, 0.2) is 33.6 Å². The molecule has 20 heavy (non-hydrogen) atoms. The molecular formula is C12H14BrNO5S. The molecule has 1 N–H and O–H groups in total. The van der Waals surface area contributed by atoms with Crippen LogP contribution in [-0.4, -0.2) is 49.6 Å². The van der Waals surface area contributed by atoms with E-state index in [1.807, 2.05) is 0 Å². The highest BCUT2D eigenvalue weighted by molar-refractivity contribution is 9.10. The van der Waals surface area contributed by atoms with Gasteiger partial charge in [0.15, 0.2) is 0 Å². The monoisotopic (exact) mass is 363 g/mol. The summed E-state index contributed by atoms with van der Waals surface area (Å²) in [6, 6.07) is 6.55. The van der Waals surface area contributed by atoms with Crippen molar-refractivity contribution in [3.8, 4) is 0 Å². The zero-order valence-corrected chi connectivity index (χ0v) is 12.9. The lowest BCUT2D eigenvalue weighted by molar-refractivity contribution is -0.141. The fraction of sp³-hybridized carbons (Fsp3) is 0.417. The summed E-state index contributed by atoms with van der Waals surface area (Å²) in [7, 11) is -3.65. The highest BCUT2D eigenvalue weighted by Gasteiger charge is 2.32. The molecule has 110 valence electrons. The number of nitrogens with zero attached hydrogens (tertiary/aromatic N) is 1. The lowest BCUT2D eigenvalue weighted by Gasteiger charge is -2.31. The molecule has 0 amide bonds. The Morgan fingerprint density at radius 2 is 2.15 bits per heavy atom. The number of carboxylic acid groups (broad SMARTS) is 1. The average molecular weight is 364 g/mol. The van der Waals surface area contributed by atoms with Crippen LogP contribution in [0.2, 0.25) is 0 Å². The predicted molar refractivity (Wildman–Crippen MR) is 74.9 cm³/mol. The highest BCUT2D eigenvalue weighted by atomic mass is 79.9. The minimum atomic E-state index is -3.65. The average Bonchev–Trinajstić information content (AvgIpc) is 2.38. The summed E-state index contributed by atoms with van der Waals surface area (Å²) in [6.07, 6.45) is -0.819. The van der Waals surface area contributed by atoms with E-state index in [4.69, 9.17) is 9.84 Å². The van der Waals surface area contributed by atoms with Crippen molar-refractivity contribution in [1.29, 1.82) is 0 Å². The van der Waals surface area contributed by atoms with Crippen LogP contribution < -0.4 is 0 Å². The third-order valence-corrected chi connectivity index (χ3v) is 5.84. The van der Waals surface area contributed by atoms with E-state index < -0.39 is 22.1 Å². The first-order valence-corrected chi connectivity index (χ1v) is 8.22. The molecule has 1 heterocycles. The number of rotatable bonds is 4. The molecule has 0 aromatic heterocycles. The summed E-state index contributed by atoms with van der Waals surface area (Å²) in [5.74, 6) is -1.00. The number of carbonyl (C=O) groups is 1. The molecule has 1 atom stereocenters. The van der Waals surface area contributed by atoms with Gasteiger partial charge in [-0.1, -0.05) is 12.1 Å². The van der Waals surface area contributed by atoms with Crippen molar-refractivity contribution in [2.75, 3.05) is 19.7 Å². The molecule has 0 spiro atoms. The summed E-state index contributed by atoms with van der Waals surface area (Å²) in [5.41, 5.74) is 0. The minimum Gasteiger partial charge on any atom is -0.481 e. The topological polar surface area (TPSA) is 83.9 Å². The Morgan fingerprint density at radius 3 is 2.80 bits per heavy atom. The van der Waals surface area contributed by atoms with Crippen LogP contribution in [0.1, 0.15) is 6.42 Å². The van der Waals surface area contributed by atoms with Gasteiger partial charge < -0.3 is 9.84 Å². The molecule has 1 saturated heterocycles. The molecular weight excluding hydrogens is 350 g/mol. The van der Waals surface area contributed by atoms with Gasteiger partial charge in [-0.25, -0.2) is 8.42 Å². The van der Waals surface area contributed by atoms with Gasteiger partial charge in [0.25, 0.3) is 0 Å². The molecule has 1 unspecified atom stereocenters. The van der Waals surface area contributed by atoms with Gasteiger partial charge in [-0.05, 0) is 28.1 Å². The fourth-order valence-corrected chi connectivity index (χ4v) is 4.44. The van der Waals surface area contributed by atoms with Gasteiger partial charge in [-0.2, -0.15) is 4.31 Å². The molecule has 0 bridgehead atoms. The van der Waals surface area contributed by atoms with E-state index in [0.29, 0.717) is 4.47 Å². The fourth-order valence-electron chi connectivity index (χ4n) is 2.02. The number of benzene rings is 1. The van der Waals surface area contributed by atoms with E-state index in [2.05, 4.69) is 15.9 Å². The number of ether oxygens (including phenoxy) is 1. The lowest BCUT2D eigenvalue weighted by Crippen LogP contribution is -2.46. The van der Waals surface area contributed by atoms with Gasteiger partial charge in [0, 0.05) is 17.6 Å². The number of hydrogen-bond acceptors (Lipinski definition) is 4. The van der Waals surface area contributed by atoms with Crippen LogP contribution in [0.4, 0.5) is 0 Å². The van der Waals surface area contributed by atoms with Crippen molar-refractivity contribution >= 4 is 31.9 Å². The third kappa shape index (κ3) is 3.38. The summed E-state index contributed by atoms with van der Waals surface area (Å²) in [4.78, 5) is 10.9. The SMILES string of the molecule is O=C(O)CC1CN(S(=O)(=O)c2ccccc2Br)CCO1. The molecule has 1 aromatic rings. The van der Waals surface area contributed by atoms with E-state index in [-0.39, 0.29) is 31.0 Å². The van der Waals surface area contributed by atoms with Gasteiger partial charge in [-0.15, -0.1) is 0 Å². The Labute approximate surface area is 125 Å². The number of morpholine rings is 1. The summed E-state index contributed by atoms with van der Waals surface area (Å²) in [5, 5.41) is 8.76. The maximum atomic E-state index is 12.5. The highest BCUT2D eigenvalue weighted by Crippen LogP contribution is 2.26. The van der Waals surface area contributed by atoms with Crippen LogP contribution in [0.25, 0.3) is 0 Å². The van der Waals surface area contributed by atoms with E-state index in [0.717, 1.165) is 0 Å². The molecule has 1 aromatic carbocycles. The van der Waals surface area contributed by atoms with Crippen molar-refractivity contribution in [3.63, 3.8) is 0 Å². The predicted octanol–water partition coefficient (Wildman–Crippen LogP) is 1.31. The Hall–Kier alpha value is -0.960. The van der Waals surface area contributed by atoms with Crippen molar-refractivity contribution < 1.29 is 23.1 Å². The van der Waals surface area contributed by atoms with Gasteiger partial charge in [0.1, 0.15) is 0 Å². The number of hydrogen-bond donors (Lipinski definition) is 1. The summed E-state index contributed by atoms with van der Waals surface area (Å²) in [6.45, 7) is 0.470. The third-order valence-electron chi connectivity index (χ3n) is 2.96. The molecule has 1 aliphatic rings. The second-order valence-corrected chi connectivity index (χ2v) is 7.14. The Kier molecular flexibility index (Phi) is 4.79. The van der Waals surface area contributed by atoms with E-state index in [1.165, 1.54) is 10.4 Å². The molecule has 6 nitrogen and oxygen atoms in total. The Balaban J connectivity index is 2.22. The first-order valence-electron chi connectivity index (χ1n) is 5.99. The minimum absolute atomic E-state index is 0.0516. The molecule has 8 heteroatoms. The number of aliphatic carboxylic acids is 1. The van der Waals surface area contributed by atoms with Gasteiger partial charge in [0.05, 0.1) is 24.0 Å². The second kappa shape index (κ2) is 6.21. The summed E-state index contributed by atoms with van der Waals surface area (Å²) < 4.78 is 32.1. The van der Waals surface area contributed by atoms with Crippen LogP contribution in [0, 0.1) is 0 Å². The first-order chi connectivity index (χ1) is 9.41. The number of halogens is 1. The second-order valence-electron chi connectivity index (χ2n) is 4.38. The standard InChI is InChI=1S/C12H14BrNO5S/c13-10-3-1-2-4-11(10)20(17,18)14-5-6-19-9(8-14)7-12(15)16/h1-4,9H,5-8H2,(H,15,16). The summed E-state index contributed by atoms with van der Waals surface area (Å²) >= 11 is 3.22. The van der Waals surface area contributed by atoms with Crippen molar-refractivity contribution in [2.45, 2.75) is 17.4 Å². The lowest BCUT2D eigenvalue weighted by atomic mass is 10.2. The quantitative estimate of drug-likeness (QED) is 0.871. The van der Waals surface area contributed by atoms with E-state index >= 15 is 0 Å². The number of sulfonamides is 1. The zero-order valence-electron chi connectivity index (χ0n) is 10.5. The largest absolute Gasteiger partial charge is 0.481 e. The molecule has 2 rings (SSSR count).